The van der Waals surface area contributed by atoms with Crippen LogP contribution >= 0.6 is 22.9 Å². The van der Waals surface area contributed by atoms with E-state index < -0.39 is 0 Å². The van der Waals surface area contributed by atoms with Crippen molar-refractivity contribution in [2.75, 3.05) is 5.32 Å². The van der Waals surface area contributed by atoms with Gasteiger partial charge in [0.1, 0.15) is 11.6 Å². The highest BCUT2D eigenvalue weighted by atomic mass is 35.5. The van der Waals surface area contributed by atoms with Crippen molar-refractivity contribution in [2.24, 2.45) is 0 Å². The third kappa shape index (κ3) is 3.47. The average Bonchev–Trinajstić information content (AvgIpc) is 2.99. The fourth-order valence-corrected chi connectivity index (χ4v) is 3.19. The number of halogens is 1. The highest BCUT2D eigenvalue weighted by Crippen LogP contribution is 2.22. The van der Waals surface area contributed by atoms with Gasteiger partial charge in [0.2, 0.25) is 11.0 Å². The summed E-state index contributed by atoms with van der Waals surface area (Å²) in [6.45, 7) is 4.10. The van der Waals surface area contributed by atoms with Crippen molar-refractivity contribution < 1.29 is 4.79 Å². The van der Waals surface area contributed by atoms with E-state index in [1.165, 1.54) is 17.4 Å². The predicted octanol–water partition coefficient (Wildman–Crippen LogP) is 3.27. The minimum Gasteiger partial charge on any atom is -0.338 e. The third-order valence-electron chi connectivity index (χ3n) is 3.43. The van der Waals surface area contributed by atoms with Gasteiger partial charge in [-0.25, -0.2) is 0 Å². The molecule has 0 aliphatic rings. The summed E-state index contributed by atoms with van der Waals surface area (Å²) in [5.74, 6) is 0.0298. The SMILES string of the molecule is CC(C)c1nnc(NC(=O)Cn2ccc(=O)c3cc(Cl)ccc32)s1. The number of nitrogens with one attached hydrogen (secondary N) is 1. The fraction of sp³-hybridized carbons (Fsp3) is 0.250. The molecule has 6 nitrogen and oxygen atoms in total. The van der Waals surface area contributed by atoms with Gasteiger partial charge in [-0.15, -0.1) is 10.2 Å². The standard InChI is InChI=1S/C16H15ClN4O2S/c1-9(2)15-19-20-16(24-15)18-14(23)8-21-6-5-13(22)11-7-10(17)3-4-12(11)21/h3-7,9H,8H2,1-2H3,(H,18,20,23). The Hall–Kier alpha value is -2.25. The summed E-state index contributed by atoms with van der Waals surface area (Å²) in [6, 6.07) is 6.45. The quantitative estimate of drug-likeness (QED) is 0.772. The zero-order valence-corrected chi connectivity index (χ0v) is 14.7. The van der Waals surface area contributed by atoms with Gasteiger partial charge in [-0.05, 0) is 18.2 Å². The van der Waals surface area contributed by atoms with Crippen LogP contribution in [0.4, 0.5) is 5.13 Å². The Morgan fingerprint density at radius 2 is 2.12 bits per heavy atom. The first-order valence-electron chi connectivity index (χ1n) is 7.36. The summed E-state index contributed by atoms with van der Waals surface area (Å²) in [6.07, 6.45) is 1.60. The topological polar surface area (TPSA) is 76.9 Å². The lowest BCUT2D eigenvalue weighted by Crippen LogP contribution is -2.20. The molecule has 0 fully saturated rings. The molecule has 0 atom stereocenters. The largest absolute Gasteiger partial charge is 0.338 e. The van der Waals surface area contributed by atoms with E-state index in [-0.39, 0.29) is 23.8 Å². The van der Waals surface area contributed by atoms with Gasteiger partial charge in [-0.1, -0.05) is 36.8 Å². The van der Waals surface area contributed by atoms with Gasteiger partial charge in [0, 0.05) is 28.6 Å². The number of carbonyl (C=O) groups is 1. The van der Waals surface area contributed by atoms with E-state index in [0.717, 1.165) is 5.01 Å². The molecule has 1 aromatic carbocycles. The third-order valence-corrected chi connectivity index (χ3v) is 4.81. The van der Waals surface area contributed by atoms with Gasteiger partial charge in [0.05, 0.1) is 5.52 Å². The molecule has 0 saturated carbocycles. The van der Waals surface area contributed by atoms with Crippen LogP contribution in [0.1, 0.15) is 24.8 Å². The van der Waals surface area contributed by atoms with E-state index in [4.69, 9.17) is 11.6 Å². The molecule has 2 heterocycles. The molecule has 1 amide bonds. The molecule has 2 aromatic heterocycles. The number of anilines is 1. The molecule has 3 rings (SSSR count). The second-order valence-electron chi connectivity index (χ2n) is 5.62. The van der Waals surface area contributed by atoms with Crippen LogP contribution < -0.4 is 10.7 Å². The fourth-order valence-electron chi connectivity index (χ4n) is 2.25. The van der Waals surface area contributed by atoms with Gasteiger partial charge >= 0.3 is 0 Å². The summed E-state index contributed by atoms with van der Waals surface area (Å²) in [4.78, 5) is 24.2. The molecule has 0 radical (unpaired) electrons. The molecule has 0 spiro atoms. The zero-order valence-electron chi connectivity index (χ0n) is 13.1. The number of fused-ring (bicyclic) bond motifs is 1. The normalized spacial score (nSPS) is 11.2. The molecular weight excluding hydrogens is 348 g/mol. The minimum atomic E-state index is -0.235. The minimum absolute atomic E-state index is 0.0645. The predicted molar refractivity (Wildman–Crippen MR) is 95.8 cm³/mol. The number of amides is 1. The average molecular weight is 363 g/mol. The lowest BCUT2D eigenvalue weighted by molar-refractivity contribution is -0.116. The lowest BCUT2D eigenvalue weighted by Gasteiger charge is -2.10. The zero-order chi connectivity index (χ0) is 17.3. The Morgan fingerprint density at radius 1 is 1.33 bits per heavy atom. The molecule has 0 aliphatic carbocycles. The number of carbonyl (C=O) groups excluding carboxylic acids is 1. The van der Waals surface area contributed by atoms with Crippen LogP contribution in [-0.2, 0) is 11.3 Å². The monoisotopic (exact) mass is 362 g/mol. The lowest BCUT2D eigenvalue weighted by atomic mass is 10.2. The number of pyridine rings is 1. The maximum absolute atomic E-state index is 12.3. The summed E-state index contributed by atoms with van der Waals surface area (Å²) >= 11 is 7.30. The van der Waals surface area contributed by atoms with Crippen LogP contribution in [0.25, 0.3) is 10.9 Å². The Morgan fingerprint density at radius 3 is 2.83 bits per heavy atom. The van der Waals surface area contributed by atoms with Crippen LogP contribution in [0.5, 0.6) is 0 Å². The van der Waals surface area contributed by atoms with Crippen molar-refractivity contribution in [1.82, 2.24) is 14.8 Å². The van der Waals surface area contributed by atoms with Crippen molar-refractivity contribution in [3.8, 4) is 0 Å². The van der Waals surface area contributed by atoms with E-state index in [0.29, 0.717) is 21.1 Å². The summed E-state index contributed by atoms with van der Waals surface area (Å²) in [7, 11) is 0. The van der Waals surface area contributed by atoms with Crippen molar-refractivity contribution in [1.29, 1.82) is 0 Å². The first-order chi connectivity index (χ1) is 11.4. The van der Waals surface area contributed by atoms with Crippen LogP contribution in [0.15, 0.2) is 35.3 Å². The summed E-state index contributed by atoms with van der Waals surface area (Å²) < 4.78 is 1.70. The van der Waals surface area contributed by atoms with Crippen molar-refractivity contribution >= 4 is 44.9 Å². The molecule has 0 saturated heterocycles. The van der Waals surface area contributed by atoms with Crippen molar-refractivity contribution in [3.63, 3.8) is 0 Å². The van der Waals surface area contributed by atoms with E-state index in [9.17, 15) is 9.59 Å². The molecule has 3 aromatic rings. The summed E-state index contributed by atoms with van der Waals surface area (Å²) in [5, 5.41) is 13.0. The maximum atomic E-state index is 12.3. The molecule has 24 heavy (non-hydrogen) atoms. The van der Waals surface area contributed by atoms with Gasteiger partial charge < -0.3 is 4.57 Å². The van der Waals surface area contributed by atoms with Crippen LogP contribution in [-0.4, -0.2) is 20.7 Å². The molecule has 0 aliphatic heterocycles. The number of nitrogens with zero attached hydrogens (tertiary/aromatic N) is 3. The number of hydrogen-bond acceptors (Lipinski definition) is 5. The molecule has 8 heteroatoms. The molecule has 1 N–H and O–H groups in total. The number of hydrogen-bond donors (Lipinski definition) is 1. The second-order valence-corrected chi connectivity index (χ2v) is 7.06. The van der Waals surface area contributed by atoms with E-state index in [1.54, 1.807) is 29.0 Å². The maximum Gasteiger partial charge on any atom is 0.246 e. The van der Waals surface area contributed by atoms with Gasteiger partial charge in [0.25, 0.3) is 0 Å². The van der Waals surface area contributed by atoms with E-state index >= 15 is 0 Å². The van der Waals surface area contributed by atoms with Crippen molar-refractivity contribution in [2.45, 2.75) is 26.3 Å². The first kappa shape index (κ1) is 16.6. The highest BCUT2D eigenvalue weighted by Gasteiger charge is 2.12. The highest BCUT2D eigenvalue weighted by molar-refractivity contribution is 7.15. The second kappa shape index (κ2) is 6.70. The van der Waals surface area contributed by atoms with Crippen LogP contribution in [0.2, 0.25) is 5.02 Å². The Bertz CT molecular complexity index is 964. The van der Waals surface area contributed by atoms with E-state index in [1.807, 2.05) is 13.8 Å². The molecular formula is C16H15ClN4O2S. The van der Waals surface area contributed by atoms with Crippen LogP contribution in [0, 0.1) is 0 Å². The van der Waals surface area contributed by atoms with Crippen LogP contribution in [0.3, 0.4) is 0 Å². The number of benzene rings is 1. The molecule has 0 bridgehead atoms. The van der Waals surface area contributed by atoms with Gasteiger partial charge in [0.15, 0.2) is 5.43 Å². The van der Waals surface area contributed by atoms with Crippen molar-refractivity contribution in [3.05, 3.63) is 50.7 Å². The van der Waals surface area contributed by atoms with Gasteiger partial charge in [-0.2, -0.15) is 0 Å². The summed E-state index contributed by atoms with van der Waals surface area (Å²) in [5.41, 5.74) is 0.525. The first-order valence-corrected chi connectivity index (χ1v) is 8.55. The smallest absolute Gasteiger partial charge is 0.246 e. The Labute approximate surface area is 147 Å². The number of aromatic nitrogens is 3. The molecule has 124 valence electrons. The number of rotatable bonds is 4. The molecule has 0 unspecified atom stereocenters. The Balaban J connectivity index is 1.82. The van der Waals surface area contributed by atoms with E-state index in [2.05, 4.69) is 15.5 Å². The Kier molecular flexibility index (Phi) is 4.64. The van der Waals surface area contributed by atoms with Gasteiger partial charge in [-0.3, -0.25) is 14.9 Å².